The lowest BCUT2D eigenvalue weighted by Crippen LogP contribution is -2.49. The first-order valence-corrected chi connectivity index (χ1v) is 12.6. The number of nitrogens with zero attached hydrogens (tertiary/aromatic N) is 3. The molecule has 3 fully saturated rings. The van der Waals surface area contributed by atoms with Crippen molar-refractivity contribution >= 4 is 33.0 Å². The molecule has 31 heavy (non-hydrogen) atoms. The summed E-state index contributed by atoms with van der Waals surface area (Å²) in [6, 6.07) is 16.9. The fourth-order valence-electron chi connectivity index (χ4n) is 5.43. The Balaban J connectivity index is 1.46. The van der Waals surface area contributed by atoms with Gasteiger partial charge in [0, 0.05) is 43.2 Å². The van der Waals surface area contributed by atoms with Crippen molar-refractivity contribution < 1.29 is 9.11 Å². The molecule has 3 atom stereocenters. The smallest absolute Gasteiger partial charge is 0.131 e. The minimum absolute atomic E-state index is 0.259. The highest BCUT2D eigenvalue weighted by Crippen LogP contribution is 2.51. The number of anilines is 2. The van der Waals surface area contributed by atoms with E-state index in [-0.39, 0.29) is 6.04 Å². The van der Waals surface area contributed by atoms with Crippen LogP contribution in [0.5, 0.6) is 0 Å². The van der Waals surface area contributed by atoms with Crippen molar-refractivity contribution in [2.24, 2.45) is 11.7 Å². The summed E-state index contributed by atoms with van der Waals surface area (Å²) in [6.45, 7) is 4.28. The molecule has 4 heterocycles. The lowest BCUT2D eigenvalue weighted by molar-refractivity contribution is 0.312. The monoisotopic (exact) mass is 436 g/mol. The Labute approximate surface area is 184 Å². The molecule has 4 N–H and O–H groups in total. The Kier molecular flexibility index (Phi) is 4.27. The summed E-state index contributed by atoms with van der Waals surface area (Å²) >= 11 is 0. The van der Waals surface area contributed by atoms with Crippen LogP contribution in [0.3, 0.4) is 0 Å². The molecule has 7 heteroatoms. The summed E-state index contributed by atoms with van der Waals surface area (Å²) in [5.41, 5.74) is 10.7. The van der Waals surface area contributed by atoms with E-state index in [2.05, 4.69) is 41.0 Å². The van der Waals surface area contributed by atoms with Crippen molar-refractivity contribution in [2.45, 2.75) is 36.9 Å². The molecular formula is C24H28N4O2S. The fraction of sp³-hybridized carbons (Fsp3) is 0.375. The molecule has 2 bridgehead atoms. The molecule has 3 aromatic rings. The number of benzene rings is 2. The second kappa shape index (κ2) is 6.84. The van der Waals surface area contributed by atoms with Crippen molar-refractivity contribution in [2.75, 3.05) is 28.6 Å². The number of aromatic nitrogens is 1. The average molecular weight is 437 g/mol. The van der Waals surface area contributed by atoms with Gasteiger partial charge in [-0.05, 0) is 43.0 Å². The van der Waals surface area contributed by atoms with Gasteiger partial charge in [-0.1, -0.05) is 29.8 Å². The fourth-order valence-corrected chi connectivity index (χ4v) is 6.97. The van der Waals surface area contributed by atoms with Gasteiger partial charge in [-0.3, -0.25) is 9.11 Å². The van der Waals surface area contributed by atoms with Crippen molar-refractivity contribution in [1.82, 2.24) is 4.98 Å². The van der Waals surface area contributed by atoms with Gasteiger partial charge in [-0.15, -0.1) is 0 Å². The zero-order chi connectivity index (χ0) is 21.3. The second-order valence-electron chi connectivity index (χ2n) is 9.21. The number of rotatable bonds is 2. The molecule has 3 unspecified atom stereocenters. The summed E-state index contributed by atoms with van der Waals surface area (Å²) < 4.78 is 21.5. The summed E-state index contributed by atoms with van der Waals surface area (Å²) in [5, 5.41) is 1.17. The molecule has 3 aliphatic heterocycles. The van der Waals surface area contributed by atoms with Gasteiger partial charge in [0.2, 0.25) is 0 Å². The first-order valence-electron chi connectivity index (χ1n) is 10.9. The Hall–Kier alpha value is -2.32. The molecule has 1 aromatic heterocycles. The van der Waals surface area contributed by atoms with E-state index in [0.717, 1.165) is 23.4 Å². The van der Waals surface area contributed by atoms with Gasteiger partial charge in [0.15, 0.2) is 0 Å². The van der Waals surface area contributed by atoms with E-state index in [1.165, 1.54) is 23.1 Å². The molecule has 4 aliphatic rings. The summed E-state index contributed by atoms with van der Waals surface area (Å²) in [5.74, 6) is 1.78. The zero-order valence-corrected chi connectivity index (χ0v) is 18.4. The van der Waals surface area contributed by atoms with Gasteiger partial charge in [0.1, 0.15) is 5.82 Å². The van der Waals surface area contributed by atoms with Crippen molar-refractivity contribution in [1.29, 1.82) is 0 Å². The van der Waals surface area contributed by atoms with Crippen LogP contribution in [0.25, 0.3) is 10.9 Å². The van der Waals surface area contributed by atoms with E-state index in [9.17, 15) is 9.11 Å². The predicted octanol–water partition coefficient (Wildman–Crippen LogP) is 4.21. The zero-order valence-electron chi connectivity index (χ0n) is 17.6. The standard InChI is InChI=1S/C24H28N4O2S/c1-15-6-7-19-18(10-15)20(28-14-17-11-21(28)24(17)25)12-23(26-19)27-8-9-31(29,30)22-5-3-2-4-16(22)13-27/h2-7,10,12,17,21,24,29-30H,8-9,11,13-14,25H2,1H3. The van der Waals surface area contributed by atoms with Gasteiger partial charge in [0.05, 0.1) is 21.9 Å². The maximum Gasteiger partial charge on any atom is 0.131 e. The summed E-state index contributed by atoms with van der Waals surface area (Å²) in [7, 11) is -2.80. The average Bonchev–Trinajstić information content (AvgIpc) is 3.31. The second-order valence-corrected chi connectivity index (χ2v) is 11.4. The third-order valence-corrected chi connectivity index (χ3v) is 9.11. The number of pyridine rings is 1. The number of fused-ring (bicyclic) bond motifs is 3. The van der Waals surface area contributed by atoms with Crippen molar-refractivity contribution in [3.8, 4) is 0 Å². The maximum atomic E-state index is 10.7. The molecule has 2 saturated heterocycles. The molecule has 1 aliphatic carbocycles. The molecule has 7 rings (SSSR count). The van der Waals surface area contributed by atoms with Gasteiger partial charge < -0.3 is 15.5 Å². The van der Waals surface area contributed by atoms with Crippen LogP contribution in [0.4, 0.5) is 11.5 Å². The van der Waals surface area contributed by atoms with E-state index in [1.807, 2.05) is 24.3 Å². The predicted molar refractivity (Wildman–Crippen MR) is 127 cm³/mol. The Bertz CT molecular complexity index is 1180. The Morgan fingerprint density at radius 1 is 1.13 bits per heavy atom. The lowest BCUT2D eigenvalue weighted by Gasteiger charge is -2.35. The lowest BCUT2D eigenvalue weighted by atomic mass is 9.81. The number of aryl methyl sites for hydroxylation is 1. The highest BCUT2D eigenvalue weighted by atomic mass is 32.3. The molecule has 0 spiro atoms. The van der Waals surface area contributed by atoms with E-state index >= 15 is 0 Å². The van der Waals surface area contributed by atoms with Gasteiger partial charge in [-0.2, -0.15) is 10.6 Å². The van der Waals surface area contributed by atoms with Crippen LogP contribution in [0.1, 0.15) is 17.5 Å². The van der Waals surface area contributed by atoms with E-state index in [4.69, 9.17) is 10.7 Å². The minimum Gasteiger partial charge on any atom is -0.366 e. The van der Waals surface area contributed by atoms with Crippen LogP contribution < -0.4 is 15.5 Å². The van der Waals surface area contributed by atoms with E-state index in [0.29, 0.717) is 35.7 Å². The first-order chi connectivity index (χ1) is 14.9. The minimum atomic E-state index is -2.80. The third kappa shape index (κ3) is 3.03. The quantitative estimate of drug-likeness (QED) is 0.558. The van der Waals surface area contributed by atoms with Crippen LogP contribution in [0, 0.1) is 12.8 Å². The molecule has 1 saturated carbocycles. The van der Waals surface area contributed by atoms with Crippen LogP contribution in [0.2, 0.25) is 0 Å². The SMILES string of the molecule is Cc1ccc2nc(N3CCS(O)(O)c4ccccc4C3)cc(N3CC4CC3C4N)c2c1. The molecule has 0 amide bonds. The van der Waals surface area contributed by atoms with Gasteiger partial charge in [-0.25, -0.2) is 4.98 Å². The van der Waals surface area contributed by atoms with Crippen LogP contribution in [-0.4, -0.2) is 45.0 Å². The van der Waals surface area contributed by atoms with Crippen molar-refractivity contribution in [3.63, 3.8) is 0 Å². The normalized spacial score (nSPS) is 27.5. The number of nitrogens with two attached hydrogens (primary N) is 1. The first kappa shape index (κ1) is 19.4. The highest BCUT2D eigenvalue weighted by Gasteiger charge is 2.50. The van der Waals surface area contributed by atoms with Crippen LogP contribution >= 0.6 is 10.6 Å². The van der Waals surface area contributed by atoms with Crippen molar-refractivity contribution in [3.05, 3.63) is 59.7 Å². The molecular weight excluding hydrogens is 408 g/mol. The summed E-state index contributed by atoms with van der Waals surface area (Å²) in [6.07, 6.45) is 1.17. The number of hydrogen-bond acceptors (Lipinski definition) is 6. The molecule has 6 nitrogen and oxygen atoms in total. The van der Waals surface area contributed by atoms with Crippen LogP contribution in [0.15, 0.2) is 53.4 Å². The Morgan fingerprint density at radius 2 is 1.97 bits per heavy atom. The Morgan fingerprint density at radius 3 is 2.74 bits per heavy atom. The molecule has 162 valence electrons. The van der Waals surface area contributed by atoms with Gasteiger partial charge >= 0.3 is 0 Å². The topological polar surface area (TPSA) is 85.9 Å². The highest BCUT2D eigenvalue weighted by molar-refractivity contribution is 8.24. The maximum absolute atomic E-state index is 10.7. The molecule has 0 radical (unpaired) electrons. The summed E-state index contributed by atoms with van der Waals surface area (Å²) in [4.78, 5) is 10.3. The third-order valence-electron chi connectivity index (χ3n) is 7.26. The van der Waals surface area contributed by atoms with Crippen LogP contribution in [-0.2, 0) is 6.54 Å². The number of hydrogen-bond donors (Lipinski definition) is 3. The molecule has 2 aromatic carbocycles. The van der Waals surface area contributed by atoms with E-state index in [1.54, 1.807) is 0 Å². The van der Waals surface area contributed by atoms with Gasteiger partial charge in [0.25, 0.3) is 0 Å². The van der Waals surface area contributed by atoms with E-state index < -0.39 is 10.6 Å². The largest absolute Gasteiger partial charge is 0.366 e.